The minimum absolute atomic E-state index is 0. The molecule has 0 atom stereocenters. The zero-order valence-electron chi connectivity index (χ0n) is 16.0. The van der Waals surface area contributed by atoms with Crippen LogP contribution in [0, 0.1) is 0 Å². The topological polar surface area (TPSA) is 230 Å². The van der Waals surface area contributed by atoms with Crippen LogP contribution in [0.5, 0.6) is 0 Å². The Kier molecular flexibility index (Phi) is 24.1. The Morgan fingerprint density at radius 2 is 0.655 bits per heavy atom. The summed E-state index contributed by atoms with van der Waals surface area (Å²) in [7, 11) is 0. The molecule has 0 aliphatic rings. The van der Waals surface area contributed by atoms with Crippen LogP contribution in [-0.2, 0) is 56.4 Å². The summed E-state index contributed by atoms with van der Waals surface area (Å²) in [5.74, 6) is -6.58. The van der Waals surface area contributed by atoms with E-state index in [2.05, 4.69) is 0 Å². The van der Waals surface area contributed by atoms with Crippen LogP contribution in [0.25, 0.3) is 0 Å². The molecule has 0 aromatic rings. The molecule has 0 rings (SSSR count). The van der Waals surface area contributed by atoms with E-state index in [1.165, 1.54) is 0 Å². The Hall–Kier alpha value is -2.32. The standard InChI is InChI=1S/C10H16N2O8.2C2H4O2.Hg/c13-7(14)3-11(4-8(15)16)1-2-12(5-9(17)18)6-10(19)20;2*1-2(3)4;/h1-6H2,(H,13,14)(H,15,16)(H,17,18)(H,19,20);2*1H3,(H,3,4);. The van der Waals surface area contributed by atoms with E-state index >= 15 is 0 Å². The minimum Gasteiger partial charge on any atom is -0.481 e. The van der Waals surface area contributed by atoms with Crippen LogP contribution in [0.15, 0.2) is 0 Å². The molecule has 0 aliphatic carbocycles. The largest absolute Gasteiger partial charge is 0.481 e. The number of carbonyl (C=O) groups is 6. The fourth-order valence-corrected chi connectivity index (χ4v) is 1.48. The van der Waals surface area contributed by atoms with Gasteiger partial charge < -0.3 is 30.6 Å². The molecule has 0 heterocycles. The van der Waals surface area contributed by atoms with Crippen molar-refractivity contribution in [1.29, 1.82) is 0 Å². The molecule has 0 aromatic heterocycles. The van der Waals surface area contributed by atoms with E-state index in [1.807, 2.05) is 0 Å². The van der Waals surface area contributed by atoms with Gasteiger partial charge in [0.1, 0.15) is 0 Å². The third-order valence-corrected chi connectivity index (χ3v) is 2.17. The number of hydrogen-bond donors (Lipinski definition) is 6. The molecule has 0 saturated carbocycles. The van der Waals surface area contributed by atoms with Gasteiger partial charge in [0.2, 0.25) is 0 Å². The zero-order chi connectivity index (χ0) is 22.9. The maximum atomic E-state index is 10.6. The second-order valence-corrected chi connectivity index (χ2v) is 5.03. The summed E-state index contributed by atoms with van der Waals surface area (Å²) < 4.78 is 0. The first kappa shape index (κ1) is 34.2. The van der Waals surface area contributed by atoms with Crippen molar-refractivity contribution >= 4 is 35.8 Å². The molecular weight excluding hydrogens is 589 g/mol. The van der Waals surface area contributed by atoms with Crippen LogP contribution in [0.2, 0.25) is 0 Å². The van der Waals surface area contributed by atoms with Crippen LogP contribution < -0.4 is 0 Å². The summed E-state index contributed by atoms with van der Waals surface area (Å²) in [6.45, 7) is -0.0839. The molecule has 0 unspecified atom stereocenters. The fraction of sp³-hybridized carbons (Fsp3) is 0.571. The van der Waals surface area contributed by atoms with Crippen molar-refractivity contribution in [3.63, 3.8) is 0 Å². The number of nitrogens with zero attached hydrogens (tertiary/aromatic N) is 2. The summed E-state index contributed by atoms with van der Waals surface area (Å²) >= 11 is 0. The molecule has 0 aromatic carbocycles. The van der Waals surface area contributed by atoms with Gasteiger partial charge in [-0.2, -0.15) is 0 Å². The number of aliphatic carboxylic acids is 6. The normalized spacial score (nSPS) is 9.10. The van der Waals surface area contributed by atoms with Gasteiger partial charge in [0.05, 0.1) is 26.2 Å². The molecule has 0 spiro atoms. The molecule has 164 valence electrons. The molecule has 29 heavy (non-hydrogen) atoms. The van der Waals surface area contributed by atoms with Crippen LogP contribution in [0.1, 0.15) is 13.8 Å². The number of carboxylic acids is 6. The van der Waals surface area contributed by atoms with Gasteiger partial charge in [0, 0.05) is 54.6 Å². The van der Waals surface area contributed by atoms with Crippen molar-refractivity contribution in [2.24, 2.45) is 0 Å². The van der Waals surface area contributed by atoms with Crippen LogP contribution in [0.3, 0.4) is 0 Å². The van der Waals surface area contributed by atoms with Crippen molar-refractivity contribution in [3.8, 4) is 0 Å². The van der Waals surface area contributed by atoms with Gasteiger partial charge in [-0.15, -0.1) is 0 Å². The van der Waals surface area contributed by atoms with Gasteiger partial charge in [0.15, 0.2) is 0 Å². The molecule has 0 radical (unpaired) electrons. The first-order chi connectivity index (χ1) is 12.7. The van der Waals surface area contributed by atoms with Crippen molar-refractivity contribution in [3.05, 3.63) is 0 Å². The predicted octanol–water partition coefficient (Wildman–Crippen LogP) is -1.89. The first-order valence-corrected chi connectivity index (χ1v) is 7.38. The smallest absolute Gasteiger partial charge is 0.317 e. The minimum atomic E-state index is -1.23. The van der Waals surface area contributed by atoms with Crippen molar-refractivity contribution < 1.29 is 87.1 Å². The van der Waals surface area contributed by atoms with Gasteiger partial charge >= 0.3 is 23.9 Å². The molecule has 0 aliphatic heterocycles. The maximum absolute atomic E-state index is 10.6. The molecule has 0 fully saturated rings. The summed E-state index contributed by atoms with van der Waals surface area (Å²) in [4.78, 5) is 62.4. The van der Waals surface area contributed by atoms with E-state index in [9.17, 15) is 19.2 Å². The van der Waals surface area contributed by atoms with E-state index < -0.39 is 62.0 Å². The maximum Gasteiger partial charge on any atom is 0.317 e. The summed E-state index contributed by atoms with van der Waals surface area (Å²) in [5.41, 5.74) is 0. The van der Waals surface area contributed by atoms with Crippen molar-refractivity contribution in [2.45, 2.75) is 13.8 Å². The second-order valence-electron chi connectivity index (χ2n) is 5.03. The van der Waals surface area contributed by atoms with Crippen molar-refractivity contribution in [1.82, 2.24) is 9.80 Å². The average Bonchev–Trinajstić information content (AvgIpc) is 2.40. The first-order valence-electron chi connectivity index (χ1n) is 7.38. The Balaban J connectivity index is -0.000000294. The Bertz CT molecular complexity index is 467. The van der Waals surface area contributed by atoms with Crippen molar-refractivity contribution in [2.75, 3.05) is 39.3 Å². The SMILES string of the molecule is CC(=O)O.CC(=O)O.O=C(O)CN(CCN(CC(=O)O)CC(=O)O)CC(=O)O.[Hg]. The molecular formula is C14H24HgN2O12. The van der Waals surface area contributed by atoms with E-state index in [0.717, 1.165) is 23.6 Å². The molecule has 0 amide bonds. The van der Waals surface area contributed by atoms with E-state index in [0.29, 0.717) is 0 Å². The average molecular weight is 613 g/mol. The second kappa shape index (κ2) is 20.4. The summed E-state index contributed by atoms with van der Waals surface area (Å²) in [5, 5.41) is 49.3. The third kappa shape index (κ3) is 41.3. The monoisotopic (exact) mass is 614 g/mol. The predicted molar refractivity (Wildman–Crippen MR) is 90.0 cm³/mol. The van der Waals surface area contributed by atoms with Crippen LogP contribution in [-0.4, -0.2) is 116 Å². The van der Waals surface area contributed by atoms with E-state index in [-0.39, 0.29) is 40.8 Å². The van der Waals surface area contributed by atoms with E-state index in [1.54, 1.807) is 0 Å². The summed E-state index contributed by atoms with van der Waals surface area (Å²) in [6, 6.07) is 0. The third-order valence-electron chi connectivity index (χ3n) is 2.17. The Labute approximate surface area is 185 Å². The van der Waals surface area contributed by atoms with E-state index in [4.69, 9.17) is 40.2 Å². The fourth-order valence-electron chi connectivity index (χ4n) is 1.48. The van der Waals surface area contributed by atoms with Gasteiger partial charge in [-0.05, 0) is 0 Å². The van der Waals surface area contributed by atoms with Crippen LogP contribution in [0.4, 0.5) is 0 Å². The Morgan fingerprint density at radius 3 is 0.759 bits per heavy atom. The van der Waals surface area contributed by atoms with Gasteiger partial charge in [-0.1, -0.05) is 0 Å². The molecule has 0 saturated heterocycles. The van der Waals surface area contributed by atoms with Gasteiger partial charge in [-0.3, -0.25) is 38.6 Å². The quantitative estimate of drug-likeness (QED) is 0.140. The molecule has 14 nitrogen and oxygen atoms in total. The summed E-state index contributed by atoms with van der Waals surface area (Å²) in [6.07, 6.45) is 0. The molecule has 15 heteroatoms. The number of carboxylic acid groups (broad SMARTS) is 6. The van der Waals surface area contributed by atoms with Crippen LogP contribution >= 0.6 is 0 Å². The molecule has 0 bridgehead atoms. The van der Waals surface area contributed by atoms with Gasteiger partial charge in [-0.25, -0.2) is 0 Å². The molecule has 6 N–H and O–H groups in total. The number of rotatable bonds is 11. The zero-order valence-corrected chi connectivity index (χ0v) is 21.5. The van der Waals surface area contributed by atoms with Gasteiger partial charge in [0.25, 0.3) is 11.9 Å². The Morgan fingerprint density at radius 1 is 0.517 bits per heavy atom. The number of hydrogen-bond acceptors (Lipinski definition) is 8.